The fraction of sp³-hybridized carbons (Fsp3) is 0.125. The second kappa shape index (κ2) is 10.3. The van der Waals surface area contributed by atoms with Gasteiger partial charge in [-0.3, -0.25) is 9.59 Å². The summed E-state index contributed by atoms with van der Waals surface area (Å²) in [6.07, 6.45) is 0. The summed E-state index contributed by atoms with van der Waals surface area (Å²) in [5.74, 6) is -0.309. The first-order valence-electron chi connectivity index (χ1n) is 9.57. The average molecular weight is 431 g/mol. The maximum Gasteiger partial charge on any atom is 0.256 e. The van der Waals surface area contributed by atoms with Gasteiger partial charge in [0.25, 0.3) is 5.91 Å². The average Bonchev–Trinajstić information content (AvgIpc) is 2.78. The minimum atomic E-state index is -0.233. The SMILES string of the molecule is CN(C)c1ccc(NC(=O)c2ccccc2SCC(=O)Nc2cccc(C#N)c2)cc1. The highest BCUT2D eigenvalue weighted by molar-refractivity contribution is 8.00. The van der Waals surface area contributed by atoms with Crippen molar-refractivity contribution < 1.29 is 9.59 Å². The Morgan fingerprint density at radius 3 is 2.39 bits per heavy atom. The van der Waals surface area contributed by atoms with Gasteiger partial charge in [0.1, 0.15) is 0 Å². The Morgan fingerprint density at radius 2 is 1.68 bits per heavy atom. The van der Waals surface area contributed by atoms with Crippen LogP contribution in [0.4, 0.5) is 17.1 Å². The molecule has 0 unspecified atom stereocenters. The van der Waals surface area contributed by atoms with Gasteiger partial charge in [0.2, 0.25) is 5.91 Å². The van der Waals surface area contributed by atoms with Crippen LogP contribution in [0.25, 0.3) is 0 Å². The molecule has 0 saturated carbocycles. The highest BCUT2D eigenvalue weighted by Crippen LogP contribution is 2.24. The summed E-state index contributed by atoms with van der Waals surface area (Å²) in [7, 11) is 3.91. The fourth-order valence-corrected chi connectivity index (χ4v) is 3.68. The highest BCUT2D eigenvalue weighted by Gasteiger charge is 2.13. The molecule has 156 valence electrons. The number of hydrogen-bond acceptors (Lipinski definition) is 5. The molecule has 3 aromatic rings. The second-order valence-corrected chi connectivity index (χ2v) is 7.94. The largest absolute Gasteiger partial charge is 0.378 e. The first-order chi connectivity index (χ1) is 15.0. The number of anilines is 3. The van der Waals surface area contributed by atoms with Gasteiger partial charge in [-0.25, -0.2) is 0 Å². The Morgan fingerprint density at radius 1 is 0.935 bits per heavy atom. The van der Waals surface area contributed by atoms with E-state index in [1.165, 1.54) is 11.8 Å². The molecule has 7 heteroatoms. The van der Waals surface area contributed by atoms with Crippen LogP contribution in [-0.2, 0) is 4.79 Å². The summed E-state index contributed by atoms with van der Waals surface area (Å²) in [5, 5.41) is 14.6. The quantitative estimate of drug-likeness (QED) is 0.535. The predicted molar refractivity (Wildman–Crippen MR) is 126 cm³/mol. The maximum absolute atomic E-state index is 12.8. The van der Waals surface area contributed by atoms with Crippen molar-refractivity contribution >= 4 is 40.6 Å². The van der Waals surface area contributed by atoms with Crippen molar-refractivity contribution in [3.8, 4) is 6.07 Å². The summed E-state index contributed by atoms with van der Waals surface area (Å²) in [6.45, 7) is 0. The van der Waals surface area contributed by atoms with E-state index in [0.717, 1.165) is 5.69 Å². The van der Waals surface area contributed by atoms with Crippen molar-refractivity contribution in [1.29, 1.82) is 5.26 Å². The normalized spacial score (nSPS) is 10.1. The van der Waals surface area contributed by atoms with E-state index in [1.54, 1.807) is 36.4 Å². The molecule has 0 aromatic heterocycles. The Bertz CT molecular complexity index is 1120. The van der Waals surface area contributed by atoms with Crippen molar-refractivity contribution in [2.75, 3.05) is 35.4 Å². The van der Waals surface area contributed by atoms with Crippen molar-refractivity contribution in [3.63, 3.8) is 0 Å². The molecule has 0 saturated heterocycles. The molecule has 0 bridgehead atoms. The molecule has 31 heavy (non-hydrogen) atoms. The van der Waals surface area contributed by atoms with E-state index >= 15 is 0 Å². The van der Waals surface area contributed by atoms with Gasteiger partial charge in [0, 0.05) is 36.1 Å². The van der Waals surface area contributed by atoms with Crippen LogP contribution in [0.1, 0.15) is 15.9 Å². The second-order valence-electron chi connectivity index (χ2n) is 6.92. The van der Waals surface area contributed by atoms with Gasteiger partial charge in [-0.2, -0.15) is 5.26 Å². The molecule has 0 aliphatic rings. The third-order valence-electron chi connectivity index (χ3n) is 4.41. The molecule has 0 fully saturated rings. The molecule has 0 aliphatic heterocycles. The first kappa shape index (κ1) is 21.9. The summed E-state index contributed by atoms with van der Waals surface area (Å²) < 4.78 is 0. The minimum Gasteiger partial charge on any atom is -0.378 e. The molecular weight excluding hydrogens is 408 g/mol. The lowest BCUT2D eigenvalue weighted by atomic mass is 10.2. The summed E-state index contributed by atoms with van der Waals surface area (Å²) in [4.78, 5) is 27.8. The van der Waals surface area contributed by atoms with E-state index in [0.29, 0.717) is 27.4 Å². The zero-order valence-electron chi connectivity index (χ0n) is 17.3. The van der Waals surface area contributed by atoms with Gasteiger partial charge in [-0.1, -0.05) is 18.2 Å². The van der Waals surface area contributed by atoms with Crippen LogP contribution in [-0.4, -0.2) is 31.7 Å². The van der Waals surface area contributed by atoms with E-state index in [4.69, 9.17) is 5.26 Å². The van der Waals surface area contributed by atoms with Gasteiger partial charge in [-0.05, 0) is 54.6 Å². The number of nitriles is 1. The molecule has 0 atom stereocenters. The lowest BCUT2D eigenvalue weighted by Crippen LogP contribution is -2.16. The summed E-state index contributed by atoms with van der Waals surface area (Å²) in [6, 6.07) is 23.5. The van der Waals surface area contributed by atoms with Crippen LogP contribution in [0.3, 0.4) is 0 Å². The van der Waals surface area contributed by atoms with Gasteiger partial charge in [0.15, 0.2) is 0 Å². The van der Waals surface area contributed by atoms with E-state index in [2.05, 4.69) is 10.6 Å². The summed E-state index contributed by atoms with van der Waals surface area (Å²) in [5.41, 5.74) is 3.29. The number of benzene rings is 3. The zero-order valence-corrected chi connectivity index (χ0v) is 18.1. The van der Waals surface area contributed by atoms with Crippen molar-refractivity contribution in [3.05, 3.63) is 83.9 Å². The number of nitrogens with zero attached hydrogens (tertiary/aromatic N) is 2. The standard InChI is InChI=1S/C24H22N4O2S/c1-28(2)20-12-10-18(11-13-20)27-24(30)21-8-3-4-9-22(21)31-16-23(29)26-19-7-5-6-17(14-19)15-25/h3-14H,16H2,1-2H3,(H,26,29)(H,27,30). The zero-order chi connectivity index (χ0) is 22.2. The van der Waals surface area contributed by atoms with Gasteiger partial charge < -0.3 is 15.5 Å². The van der Waals surface area contributed by atoms with Crippen molar-refractivity contribution in [1.82, 2.24) is 0 Å². The smallest absolute Gasteiger partial charge is 0.256 e. The van der Waals surface area contributed by atoms with Crippen LogP contribution in [0.15, 0.2) is 77.7 Å². The summed E-state index contributed by atoms with van der Waals surface area (Å²) >= 11 is 1.29. The molecule has 2 amide bonds. The first-order valence-corrected chi connectivity index (χ1v) is 10.6. The van der Waals surface area contributed by atoms with Crippen molar-refractivity contribution in [2.45, 2.75) is 4.90 Å². The number of rotatable bonds is 7. The number of amides is 2. The van der Waals surface area contributed by atoms with Gasteiger partial charge >= 0.3 is 0 Å². The molecule has 3 rings (SSSR count). The van der Waals surface area contributed by atoms with E-state index in [1.807, 2.05) is 61.5 Å². The molecule has 0 aliphatic carbocycles. The maximum atomic E-state index is 12.8. The molecule has 2 N–H and O–H groups in total. The Balaban J connectivity index is 1.63. The topological polar surface area (TPSA) is 85.2 Å². The number of carbonyl (C=O) groups is 2. The van der Waals surface area contributed by atoms with Crippen LogP contribution >= 0.6 is 11.8 Å². The van der Waals surface area contributed by atoms with Crippen LogP contribution in [0, 0.1) is 11.3 Å². The molecule has 6 nitrogen and oxygen atoms in total. The number of carbonyl (C=O) groups excluding carboxylic acids is 2. The molecule has 0 radical (unpaired) electrons. The third kappa shape index (κ3) is 6.11. The van der Waals surface area contributed by atoms with E-state index in [9.17, 15) is 9.59 Å². The number of thioether (sulfide) groups is 1. The van der Waals surface area contributed by atoms with E-state index in [-0.39, 0.29) is 17.6 Å². The Kier molecular flexibility index (Phi) is 7.31. The minimum absolute atomic E-state index is 0.138. The fourth-order valence-electron chi connectivity index (χ4n) is 2.83. The number of hydrogen-bond donors (Lipinski definition) is 2. The molecule has 0 spiro atoms. The Hall–Kier alpha value is -3.76. The van der Waals surface area contributed by atoms with Crippen molar-refractivity contribution in [2.24, 2.45) is 0 Å². The van der Waals surface area contributed by atoms with E-state index < -0.39 is 0 Å². The predicted octanol–water partition coefficient (Wildman–Crippen LogP) is 4.61. The molecule has 0 heterocycles. The third-order valence-corrected chi connectivity index (χ3v) is 5.48. The van der Waals surface area contributed by atoms with Crippen LogP contribution in [0.2, 0.25) is 0 Å². The molecule has 3 aromatic carbocycles. The van der Waals surface area contributed by atoms with Gasteiger partial charge in [0.05, 0.1) is 22.9 Å². The van der Waals surface area contributed by atoms with Gasteiger partial charge in [-0.15, -0.1) is 11.8 Å². The monoisotopic (exact) mass is 430 g/mol. The van der Waals surface area contributed by atoms with Crippen LogP contribution in [0.5, 0.6) is 0 Å². The van der Waals surface area contributed by atoms with Crippen LogP contribution < -0.4 is 15.5 Å². The molecular formula is C24H22N4O2S. The number of nitrogens with one attached hydrogen (secondary N) is 2. The Labute approximate surface area is 185 Å². The lowest BCUT2D eigenvalue weighted by Gasteiger charge is -2.14. The highest BCUT2D eigenvalue weighted by atomic mass is 32.2. The lowest BCUT2D eigenvalue weighted by molar-refractivity contribution is -0.113.